The Balaban J connectivity index is 0.00000641. The molecule has 0 spiro atoms. The molecule has 0 radical (unpaired) electrons. The molecule has 10 aromatic rings. The van der Waals surface area contributed by atoms with Gasteiger partial charge in [-0.05, 0) is 69.8 Å². The van der Waals surface area contributed by atoms with Crippen LogP contribution in [0.15, 0.2) is 194 Å². The van der Waals surface area contributed by atoms with Crippen molar-refractivity contribution in [1.29, 1.82) is 0 Å². The van der Waals surface area contributed by atoms with Crippen LogP contribution in [0.5, 0.6) is 11.5 Å². The van der Waals surface area contributed by atoms with Crippen molar-refractivity contribution >= 4 is 44.6 Å². The van der Waals surface area contributed by atoms with Gasteiger partial charge in [0.05, 0.1) is 13.7 Å². The Kier molecular flexibility index (Phi) is 8.30. The van der Waals surface area contributed by atoms with Gasteiger partial charge in [0.25, 0.3) is 0 Å². The van der Waals surface area contributed by atoms with E-state index in [0.717, 1.165) is 44.3 Å². The van der Waals surface area contributed by atoms with Crippen LogP contribution in [0, 0.1) is 25.7 Å². The van der Waals surface area contributed by atoms with Gasteiger partial charge in [-0.1, -0.05) is 160 Å². The summed E-state index contributed by atoms with van der Waals surface area (Å²) < 4.78 is 95.8. The quantitative estimate of drug-likeness (QED) is 0.142. The third kappa shape index (κ3) is 7.70. The number of aryl methyl sites for hydroxylation is 1. The zero-order chi connectivity index (χ0) is 52.1. The first-order valence-corrected chi connectivity index (χ1v) is 21.0. The van der Waals surface area contributed by atoms with E-state index in [-0.39, 0.29) is 54.4 Å². The number of rotatable bonds is 8. The van der Waals surface area contributed by atoms with Crippen LogP contribution in [0.4, 0.5) is 22.7 Å². The topological polar surface area (TPSA) is 33.5 Å². The summed E-state index contributed by atoms with van der Waals surface area (Å²) in [7, 11) is 0. The summed E-state index contributed by atoms with van der Waals surface area (Å²) in [5, 5.41) is 2.01. The van der Waals surface area contributed by atoms with Crippen LogP contribution < -0.4 is 14.5 Å². The van der Waals surface area contributed by atoms with E-state index in [9.17, 15) is 0 Å². The summed E-state index contributed by atoms with van der Waals surface area (Å²) in [5.74, 6) is 1.55. The van der Waals surface area contributed by atoms with Crippen molar-refractivity contribution in [1.82, 2.24) is 9.55 Å². The molecule has 0 unspecified atom stereocenters. The maximum absolute atomic E-state index is 9.03. The number of nitrogens with zero attached hydrogens (tertiary/aromatic N) is 4. The van der Waals surface area contributed by atoms with Gasteiger partial charge in [-0.3, -0.25) is 0 Å². The molecule has 1 aliphatic heterocycles. The molecule has 2 aromatic heterocycles. The van der Waals surface area contributed by atoms with E-state index in [4.69, 9.17) is 23.4 Å². The second kappa shape index (κ2) is 17.1. The van der Waals surface area contributed by atoms with Crippen LogP contribution in [0.25, 0.3) is 61.0 Å². The van der Waals surface area contributed by atoms with Crippen molar-refractivity contribution < 1.29 is 39.5 Å². The third-order valence-electron chi connectivity index (χ3n) is 11.6. The van der Waals surface area contributed by atoms with Crippen molar-refractivity contribution in [3.63, 3.8) is 0 Å². The summed E-state index contributed by atoms with van der Waals surface area (Å²) in [5.41, 5.74) is 8.39. The number of pyridine rings is 1. The molecule has 0 saturated heterocycles. The Labute approximate surface area is 409 Å². The number of hydrogen-bond acceptors (Lipinski definition) is 4. The molecule has 0 bridgehead atoms. The summed E-state index contributed by atoms with van der Waals surface area (Å²) in [6.07, 6.45) is 1.93. The van der Waals surface area contributed by atoms with Crippen LogP contribution in [0.3, 0.4) is 0 Å². The van der Waals surface area contributed by atoms with Gasteiger partial charge in [0, 0.05) is 78.0 Å². The molecule has 6 heteroatoms. The minimum Gasteiger partial charge on any atom is -0.509 e. The van der Waals surface area contributed by atoms with Crippen molar-refractivity contribution in [2.24, 2.45) is 0 Å². The Morgan fingerprint density at radius 3 is 1.91 bits per heavy atom. The minimum atomic E-state index is -0.565. The molecule has 0 amide bonds. The number of para-hydroxylation sites is 4. The fourth-order valence-corrected chi connectivity index (χ4v) is 8.50. The molecule has 3 heterocycles. The smallest absolute Gasteiger partial charge is 0.135 e. The molecule has 0 atom stereocenters. The minimum absolute atomic E-state index is 0. The fourth-order valence-electron chi connectivity index (χ4n) is 8.50. The number of benzene rings is 8. The van der Waals surface area contributed by atoms with Crippen LogP contribution in [0.1, 0.15) is 45.6 Å². The van der Waals surface area contributed by atoms with E-state index in [0.29, 0.717) is 28.6 Å². The predicted molar refractivity (Wildman–Crippen MR) is 264 cm³/mol. The maximum Gasteiger partial charge on any atom is 0.135 e. The maximum atomic E-state index is 9.03. The Hall–Kier alpha value is -7.20. The van der Waals surface area contributed by atoms with Crippen LogP contribution >= 0.6 is 0 Å². The molecule has 65 heavy (non-hydrogen) atoms. The molecule has 0 saturated carbocycles. The molecule has 0 fully saturated rings. The predicted octanol–water partition coefficient (Wildman–Crippen LogP) is 15.6. The second-order valence-electron chi connectivity index (χ2n) is 16.7. The van der Waals surface area contributed by atoms with Gasteiger partial charge in [0.1, 0.15) is 5.82 Å². The fraction of sp³-hybridized carbons (Fsp3) is 0.0847. The molecular weight excluding hydrogens is 976 g/mol. The number of hydrogen-bond donors (Lipinski definition) is 0. The van der Waals surface area contributed by atoms with Gasteiger partial charge in [0.15, 0.2) is 0 Å². The van der Waals surface area contributed by atoms with Gasteiger partial charge in [0.2, 0.25) is 0 Å². The Morgan fingerprint density at radius 1 is 0.600 bits per heavy atom. The van der Waals surface area contributed by atoms with E-state index >= 15 is 0 Å². The number of ether oxygens (including phenoxy) is 1. The van der Waals surface area contributed by atoms with Crippen molar-refractivity contribution in [2.75, 3.05) is 9.80 Å². The monoisotopic (exact) mass is 1030 g/mol. The average Bonchev–Trinajstić information content (AvgIpc) is 3.94. The molecule has 11 rings (SSSR count). The number of anilines is 4. The number of aromatic nitrogens is 2. The third-order valence-corrected chi connectivity index (χ3v) is 11.6. The van der Waals surface area contributed by atoms with Crippen molar-refractivity contribution in [2.45, 2.75) is 33.1 Å². The first kappa shape index (κ1) is 31.6. The summed E-state index contributed by atoms with van der Waals surface area (Å²) in [6, 6.07) is 42.3. The summed E-state index contributed by atoms with van der Waals surface area (Å²) >= 11 is 0. The van der Waals surface area contributed by atoms with E-state index in [1.54, 1.807) is 35.8 Å². The Bertz CT molecular complexity index is 3800. The first-order valence-electron chi connectivity index (χ1n) is 26.0. The van der Waals surface area contributed by atoms with Crippen LogP contribution in [0.2, 0.25) is 0 Å². The zero-order valence-electron chi connectivity index (χ0n) is 45.8. The Morgan fingerprint density at radius 2 is 1.23 bits per heavy atom. The van der Waals surface area contributed by atoms with E-state index in [2.05, 4.69) is 86.9 Å². The van der Waals surface area contributed by atoms with Gasteiger partial charge >= 0.3 is 0 Å². The molecule has 1 aliphatic rings. The SMILES string of the molecule is [2H]c1c([2H])c([2H])c(-c2cccc(-c3c([2H])c([2H])c([2H])c([2H])c3[2H])c2N2[CH-]N(c3[c-]c(Oc4[c-]c5c(cc4)c4ccccc4n5-c4cc(C)c(-c5ccc(C(C)(C)C)cc5)cn4)ccc3)c3ccccc32)c([2H])c1[2H].[Pt]. The standard InChI is InChI=1S/C59H45N4O.Pt/c1-40-35-57(60-38-52(40)43-29-31-44(32-30-43)59(2,3)4)63-53-26-12-11-23-50(53)51-34-33-47(37-56(51)63)64-46-22-15-21-45(36-46)61-39-62(55-28-14-13-27-54(55)61)58-48(41-17-7-5-8-18-41)24-16-25-49(58)42-19-9-6-10-20-42;/h5-35,38-39H,1-4H3;/q-3;/i5D,6D,7D,8D,9D,10D,17D,18D,19D,20D;. The second-order valence-corrected chi connectivity index (χ2v) is 16.7. The van der Waals surface area contributed by atoms with Gasteiger partial charge in [-0.15, -0.1) is 48.1 Å². The van der Waals surface area contributed by atoms with Gasteiger partial charge < -0.3 is 19.1 Å². The molecule has 5 nitrogen and oxygen atoms in total. The van der Waals surface area contributed by atoms with E-state index < -0.39 is 60.4 Å². The number of fused-ring (bicyclic) bond motifs is 4. The molecule has 8 aromatic carbocycles. The molecule has 0 N–H and O–H groups in total. The molecule has 0 aliphatic carbocycles. The van der Waals surface area contributed by atoms with Gasteiger partial charge in [-0.2, -0.15) is 12.1 Å². The molecular formula is C59H45N4OPt-3. The van der Waals surface area contributed by atoms with E-state index in [1.807, 2.05) is 71.8 Å². The van der Waals surface area contributed by atoms with Crippen molar-refractivity contribution in [3.8, 4) is 50.7 Å². The molecule has 320 valence electrons. The van der Waals surface area contributed by atoms with Crippen LogP contribution in [-0.4, -0.2) is 9.55 Å². The summed E-state index contributed by atoms with van der Waals surface area (Å²) in [4.78, 5) is 8.63. The zero-order valence-corrected chi connectivity index (χ0v) is 38.1. The van der Waals surface area contributed by atoms with E-state index in [1.165, 1.54) is 5.56 Å². The van der Waals surface area contributed by atoms with Gasteiger partial charge in [-0.25, -0.2) is 4.98 Å². The van der Waals surface area contributed by atoms with Crippen LogP contribution in [-0.2, 0) is 26.5 Å². The largest absolute Gasteiger partial charge is 0.509 e. The summed E-state index contributed by atoms with van der Waals surface area (Å²) in [6.45, 7) is 10.5. The van der Waals surface area contributed by atoms with Crippen molar-refractivity contribution in [3.05, 3.63) is 224 Å². The first-order chi connectivity index (χ1) is 35.4. The average molecular weight is 1030 g/mol. The normalized spacial score (nSPS) is 14.5.